The SMILES string of the molecule is CS(=O)(=O)c1ccc(-c2cncc(CCc3cccs3)n2)nc1. The van der Waals surface area contributed by atoms with Crippen LogP contribution in [0.4, 0.5) is 0 Å². The van der Waals surface area contributed by atoms with Crippen molar-refractivity contribution in [1.29, 1.82) is 0 Å². The van der Waals surface area contributed by atoms with Crippen LogP contribution >= 0.6 is 11.3 Å². The summed E-state index contributed by atoms with van der Waals surface area (Å²) in [7, 11) is -3.24. The molecular weight excluding hydrogens is 330 g/mol. The summed E-state index contributed by atoms with van der Waals surface area (Å²) in [6.07, 6.45) is 7.64. The second-order valence-corrected chi connectivity index (χ2v) is 8.17. The second-order valence-electron chi connectivity index (χ2n) is 5.13. The van der Waals surface area contributed by atoms with Gasteiger partial charge in [0.25, 0.3) is 0 Å². The van der Waals surface area contributed by atoms with Crippen LogP contribution in [0.25, 0.3) is 11.4 Å². The molecule has 0 radical (unpaired) electrons. The van der Waals surface area contributed by atoms with Crippen molar-refractivity contribution < 1.29 is 8.42 Å². The van der Waals surface area contributed by atoms with Crippen LogP contribution in [0.2, 0.25) is 0 Å². The number of hydrogen-bond acceptors (Lipinski definition) is 6. The molecule has 0 aliphatic rings. The number of rotatable bonds is 5. The number of aromatic nitrogens is 3. The zero-order valence-corrected chi connectivity index (χ0v) is 14.1. The summed E-state index contributed by atoms with van der Waals surface area (Å²) in [4.78, 5) is 14.5. The van der Waals surface area contributed by atoms with Crippen molar-refractivity contribution in [3.8, 4) is 11.4 Å². The first-order chi connectivity index (χ1) is 11.0. The van der Waals surface area contributed by atoms with Gasteiger partial charge in [-0.05, 0) is 36.4 Å². The van der Waals surface area contributed by atoms with E-state index in [1.165, 1.54) is 17.1 Å². The van der Waals surface area contributed by atoms with E-state index in [4.69, 9.17) is 0 Å². The topological polar surface area (TPSA) is 72.8 Å². The van der Waals surface area contributed by atoms with Gasteiger partial charge in [0.05, 0.1) is 22.5 Å². The molecule has 7 heteroatoms. The molecule has 0 saturated heterocycles. The van der Waals surface area contributed by atoms with Gasteiger partial charge in [0.2, 0.25) is 0 Å². The van der Waals surface area contributed by atoms with E-state index in [0.29, 0.717) is 11.4 Å². The largest absolute Gasteiger partial charge is 0.260 e. The average Bonchev–Trinajstić information content (AvgIpc) is 3.06. The smallest absolute Gasteiger partial charge is 0.177 e. The van der Waals surface area contributed by atoms with Gasteiger partial charge in [0, 0.05) is 23.5 Å². The van der Waals surface area contributed by atoms with E-state index >= 15 is 0 Å². The molecule has 0 bridgehead atoms. The lowest BCUT2D eigenvalue weighted by atomic mass is 10.2. The number of pyridine rings is 1. The Labute approximate surface area is 139 Å². The third kappa shape index (κ3) is 4.00. The van der Waals surface area contributed by atoms with Crippen LogP contribution in [0, 0.1) is 0 Å². The Kier molecular flexibility index (Phi) is 4.49. The predicted molar refractivity (Wildman–Crippen MR) is 90.1 cm³/mol. The molecule has 0 aromatic carbocycles. The van der Waals surface area contributed by atoms with E-state index in [1.54, 1.807) is 29.8 Å². The maximum absolute atomic E-state index is 11.5. The molecule has 5 nitrogen and oxygen atoms in total. The van der Waals surface area contributed by atoms with Gasteiger partial charge in [0.1, 0.15) is 5.69 Å². The van der Waals surface area contributed by atoms with Crippen LogP contribution in [-0.2, 0) is 22.7 Å². The zero-order chi connectivity index (χ0) is 16.3. The summed E-state index contributed by atoms with van der Waals surface area (Å²) in [6, 6.07) is 7.34. The summed E-state index contributed by atoms with van der Waals surface area (Å²) in [6.45, 7) is 0. The van der Waals surface area contributed by atoms with Crippen LogP contribution in [0.1, 0.15) is 10.6 Å². The summed E-state index contributed by atoms with van der Waals surface area (Å²) in [5.74, 6) is 0. The highest BCUT2D eigenvalue weighted by molar-refractivity contribution is 7.90. The zero-order valence-electron chi connectivity index (χ0n) is 12.5. The van der Waals surface area contributed by atoms with Gasteiger partial charge in [-0.25, -0.2) is 13.4 Å². The highest BCUT2D eigenvalue weighted by Gasteiger charge is 2.09. The maximum Gasteiger partial charge on any atom is 0.177 e. The number of hydrogen-bond donors (Lipinski definition) is 0. The lowest BCUT2D eigenvalue weighted by Gasteiger charge is -2.04. The quantitative estimate of drug-likeness (QED) is 0.711. The summed E-state index contributed by atoms with van der Waals surface area (Å²) in [5, 5.41) is 2.06. The van der Waals surface area contributed by atoms with Gasteiger partial charge in [0.15, 0.2) is 9.84 Å². The Morgan fingerprint density at radius 3 is 2.57 bits per heavy atom. The minimum Gasteiger partial charge on any atom is -0.260 e. The third-order valence-corrected chi connectivity index (χ3v) is 5.35. The lowest BCUT2D eigenvalue weighted by Crippen LogP contribution is -2.00. The molecule has 0 spiro atoms. The Balaban J connectivity index is 1.79. The Bertz CT molecular complexity index is 889. The molecule has 0 unspecified atom stereocenters. The Morgan fingerprint density at radius 1 is 1.04 bits per heavy atom. The first kappa shape index (κ1) is 15.8. The van der Waals surface area contributed by atoms with E-state index in [1.807, 2.05) is 6.07 Å². The van der Waals surface area contributed by atoms with Crippen molar-refractivity contribution in [1.82, 2.24) is 15.0 Å². The molecule has 3 aromatic heterocycles. The predicted octanol–water partition coefficient (Wildman–Crippen LogP) is 2.79. The molecule has 0 aliphatic heterocycles. The molecule has 23 heavy (non-hydrogen) atoms. The second kappa shape index (κ2) is 6.55. The summed E-state index contributed by atoms with van der Waals surface area (Å²) in [5.41, 5.74) is 2.15. The van der Waals surface area contributed by atoms with Crippen molar-refractivity contribution in [2.24, 2.45) is 0 Å². The van der Waals surface area contributed by atoms with Gasteiger partial charge in [-0.1, -0.05) is 6.07 Å². The third-order valence-electron chi connectivity index (χ3n) is 3.32. The van der Waals surface area contributed by atoms with E-state index in [9.17, 15) is 8.42 Å². The molecule has 3 rings (SSSR count). The van der Waals surface area contributed by atoms with Crippen molar-refractivity contribution in [3.05, 3.63) is 58.8 Å². The van der Waals surface area contributed by atoms with Gasteiger partial charge in [-0.15, -0.1) is 11.3 Å². The minimum atomic E-state index is -3.24. The van der Waals surface area contributed by atoms with E-state index in [0.717, 1.165) is 24.8 Å². The van der Waals surface area contributed by atoms with Crippen molar-refractivity contribution in [2.45, 2.75) is 17.7 Å². The average molecular weight is 345 g/mol. The molecular formula is C16H15N3O2S2. The number of sulfone groups is 1. The van der Waals surface area contributed by atoms with Crippen LogP contribution in [0.5, 0.6) is 0 Å². The molecule has 0 amide bonds. The van der Waals surface area contributed by atoms with Crippen molar-refractivity contribution in [3.63, 3.8) is 0 Å². The summed E-state index contributed by atoms with van der Waals surface area (Å²) >= 11 is 1.73. The van der Waals surface area contributed by atoms with Crippen LogP contribution < -0.4 is 0 Å². The fourth-order valence-corrected chi connectivity index (χ4v) is 3.38. The van der Waals surface area contributed by atoms with Crippen molar-refractivity contribution >= 4 is 21.2 Å². The fourth-order valence-electron chi connectivity index (χ4n) is 2.11. The highest BCUT2D eigenvalue weighted by Crippen LogP contribution is 2.17. The first-order valence-electron chi connectivity index (χ1n) is 7.02. The molecule has 0 atom stereocenters. The van der Waals surface area contributed by atoms with Gasteiger partial charge in [-0.2, -0.15) is 0 Å². The number of nitrogens with zero attached hydrogens (tertiary/aromatic N) is 3. The minimum absolute atomic E-state index is 0.197. The summed E-state index contributed by atoms with van der Waals surface area (Å²) < 4.78 is 22.9. The van der Waals surface area contributed by atoms with E-state index < -0.39 is 9.84 Å². The maximum atomic E-state index is 11.5. The monoisotopic (exact) mass is 345 g/mol. The van der Waals surface area contributed by atoms with Gasteiger partial charge in [-0.3, -0.25) is 9.97 Å². The van der Waals surface area contributed by atoms with E-state index in [-0.39, 0.29) is 4.90 Å². The molecule has 3 aromatic rings. The molecule has 0 aliphatic carbocycles. The van der Waals surface area contributed by atoms with Gasteiger partial charge < -0.3 is 0 Å². The molecule has 3 heterocycles. The van der Waals surface area contributed by atoms with Gasteiger partial charge >= 0.3 is 0 Å². The number of aryl methyl sites for hydroxylation is 2. The number of thiophene rings is 1. The van der Waals surface area contributed by atoms with Crippen molar-refractivity contribution in [2.75, 3.05) is 6.26 Å². The molecule has 118 valence electrons. The highest BCUT2D eigenvalue weighted by atomic mass is 32.2. The Hall–Kier alpha value is -2.12. The lowest BCUT2D eigenvalue weighted by molar-refractivity contribution is 0.601. The molecule has 0 saturated carbocycles. The van der Waals surface area contributed by atoms with Crippen LogP contribution in [0.3, 0.4) is 0 Å². The van der Waals surface area contributed by atoms with E-state index in [2.05, 4.69) is 26.4 Å². The Morgan fingerprint density at radius 2 is 1.91 bits per heavy atom. The standard InChI is InChI=1S/C16H15N3O2S2/c1-23(20,21)14-6-7-15(18-10-14)16-11-17-9-12(19-16)4-5-13-3-2-8-22-13/h2-3,6-11H,4-5H2,1H3. The first-order valence-corrected chi connectivity index (χ1v) is 9.79. The fraction of sp³-hybridized carbons (Fsp3) is 0.188. The molecule has 0 fully saturated rings. The van der Waals surface area contributed by atoms with Crippen LogP contribution in [-0.4, -0.2) is 29.6 Å². The van der Waals surface area contributed by atoms with Crippen LogP contribution in [0.15, 0.2) is 53.1 Å². The molecule has 0 N–H and O–H groups in total. The normalized spacial score (nSPS) is 11.5.